The van der Waals surface area contributed by atoms with Gasteiger partial charge in [-0.25, -0.2) is 14.1 Å². The first-order valence-electron chi connectivity index (χ1n) is 11.0. The molecule has 168 valence electrons. The smallest absolute Gasteiger partial charge is 0.252 e. The molecule has 0 aliphatic carbocycles. The van der Waals surface area contributed by atoms with Crippen molar-refractivity contribution in [3.63, 3.8) is 0 Å². The standard InChI is InChI=1S/C27H22FN5O/c28-24-9-5-4-6-20(24)12-15-30-27(34)22-16-25(21-7-2-1-3-8-21)32-26-23(22)17-31-33(26)18-19-10-13-29-14-11-19/h1-11,13-14,16-17H,12,15,18H2,(H,30,34). The number of carbonyl (C=O) groups is 1. The van der Waals surface area contributed by atoms with Crippen LogP contribution in [0.5, 0.6) is 0 Å². The molecule has 1 N–H and O–H groups in total. The summed E-state index contributed by atoms with van der Waals surface area (Å²) < 4.78 is 15.7. The minimum absolute atomic E-state index is 0.246. The molecule has 0 bridgehead atoms. The van der Waals surface area contributed by atoms with E-state index in [4.69, 9.17) is 4.98 Å². The number of pyridine rings is 2. The number of rotatable bonds is 7. The molecule has 5 aromatic rings. The number of aromatic nitrogens is 4. The topological polar surface area (TPSA) is 72.7 Å². The van der Waals surface area contributed by atoms with E-state index in [0.717, 1.165) is 11.1 Å². The second-order valence-corrected chi connectivity index (χ2v) is 7.91. The molecule has 0 saturated heterocycles. The summed E-state index contributed by atoms with van der Waals surface area (Å²) in [6.45, 7) is 0.820. The van der Waals surface area contributed by atoms with Gasteiger partial charge >= 0.3 is 0 Å². The van der Waals surface area contributed by atoms with Gasteiger partial charge in [0.25, 0.3) is 5.91 Å². The minimum atomic E-state index is -0.271. The van der Waals surface area contributed by atoms with Crippen LogP contribution in [0.4, 0.5) is 4.39 Å². The van der Waals surface area contributed by atoms with E-state index in [0.29, 0.717) is 47.4 Å². The van der Waals surface area contributed by atoms with Crippen molar-refractivity contribution in [3.05, 3.63) is 114 Å². The normalized spacial score (nSPS) is 11.0. The molecule has 34 heavy (non-hydrogen) atoms. The van der Waals surface area contributed by atoms with Crippen LogP contribution >= 0.6 is 0 Å². The summed E-state index contributed by atoms with van der Waals surface area (Å²) in [5.74, 6) is -0.517. The largest absolute Gasteiger partial charge is 0.352 e. The van der Waals surface area contributed by atoms with Crippen LogP contribution in [0.1, 0.15) is 21.5 Å². The van der Waals surface area contributed by atoms with E-state index in [1.807, 2.05) is 42.5 Å². The molecule has 6 nitrogen and oxygen atoms in total. The molecule has 0 saturated carbocycles. The fourth-order valence-electron chi connectivity index (χ4n) is 3.88. The number of nitrogens with zero attached hydrogens (tertiary/aromatic N) is 4. The van der Waals surface area contributed by atoms with Gasteiger partial charge in [-0.2, -0.15) is 5.10 Å². The van der Waals surface area contributed by atoms with Crippen molar-refractivity contribution >= 4 is 16.9 Å². The van der Waals surface area contributed by atoms with Crippen LogP contribution in [-0.2, 0) is 13.0 Å². The zero-order valence-corrected chi connectivity index (χ0v) is 18.4. The predicted octanol–water partition coefficient (Wildman–Crippen LogP) is 4.65. The highest BCUT2D eigenvalue weighted by molar-refractivity contribution is 6.06. The Labute approximate surface area is 196 Å². The van der Waals surface area contributed by atoms with Crippen molar-refractivity contribution in [2.45, 2.75) is 13.0 Å². The van der Waals surface area contributed by atoms with Crippen LogP contribution in [0, 0.1) is 5.82 Å². The van der Waals surface area contributed by atoms with Crippen molar-refractivity contribution in [1.29, 1.82) is 0 Å². The molecule has 0 radical (unpaired) electrons. The summed E-state index contributed by atoms with van der Waals surface area (Å²) in [5.41, 5.74) is 4.29. The van der Waals surface area contributed by atoms with Crippen LogP contribution in [0.3, 0.4) is 0 Å². The quantitative estimate of drug-likeness (QED) is 0.391. The Morgan fingerprint density at radius 2 is 1.74 bits per heavy atom. The Balaban J connectivity index is 1.48. The lowest BCUT2D eigenvalue weighted by atomic mass is 10.1. The third-order valence-electron chi connectivity index (χ3n) is 5.64. The van der Waals surface area contributed by atoms with Crippen LogP contribution in [0.15, 0.2) is 91.4 Å². The Morgan fingerprint density at radius 3 is 2.53 bits per heavy atom. The van der Waals surface area contributed by atoms with Crippen molar-refractivity contribution in [3.8, 4) is 11.3 Å². The fraction of sp³-hybridized carbons (Fsp3) is 0.111. The van der Waals surface area contributed by atoms with E-state index in [9.17, 15) is 9.18 Å². The maximum atomic E-state index is 13.9. The number of hydrogen-bond donors (Lipinski definition) is 1. The van der Waals surface area contributed by atoms with E-state index in [1.54, 1.807) is 47.5 Å². The lowest BCUT2D eigenvalue weighted by Crippen LogP contribution is -2.26. The Bertz CT molecular complexity index is 1430. The molecule has 0 aliphatic rings. The van der Waals surface area contributed by atoms with Crippen LogP contribution in [-0.4, -0.2) is 32.2 Å². The average Bonchev–Trinajstić information content (AvgIpc) is 3.28. The molecule has 0 atom stereocenters. The molecule has 5 rings (SSSR count). The first kappa shape index (κ1) is 21.5. The van der Waals surface area contributed by atoms with Crippen molar-refractivity contribution in [2.24, 2.45) is 0 Å². The van der Waals surface area contributed by atoms with E-state index in [2.05, 4.69) is 15.4 Å². The third-order valence-corrected chi connectivity index (χ3v) is 5.64. The Kier molecular flexibility index (Phi) is 6.07. The fourth-order valence-corrected chi connectivity index (χ4v) is 3.88. The Morgan fingerprint density at radius 1 is 0.971 bits per heavy atom. The predicted molar refractivity (Wildman–Crippen MR) is 129 cm³/mol. The number of benzene rings is 2. The molecule has 3 heterocycles. The summed E-state index contributed by atoms with van der Waals surface area (Å²) in [7, 11) is 0. The van der Waals surface area contributed by atoms with Gasteiger partial charge in [0.15, 0.2) is 5.65 Å². The van der Waals surface area contributed by atoms with Gasteiger partial charge in [-0.3, -0.25) is 9.78 Å². The number of amides is 1. The Hall–Kier alpha value is -4.39. The number of nitrogens with one attached hydrogen (secondary N) is 1. The molecule has 1 amide bonds. The first-order valence-corrected chi connectivity index (χ1v) is 11.0. The summed E-state index contributed by atoms with van der Waals surface area (Å²) >= 11 is 0. The zero-order chi connectivity index (χ0) is 23.3. The van der Waals surface area contributed by atoms with Crippen molar-refractivity contribution in [2.75, 3.05) is 6.54 Å². The number of carbonyl (C=O) groups excluding carboxylic acids is 1. The summed E-state index contributed by atoms with van der Waals surface area (Å²) in [4.78, 5) is 22.1. The molecular formula is C27H22FN5O. The molecule has 0 unspecified atom stereocenters. The first-order chi connectivity index (χ1) is 16.7. The number of halogens is 1. The van der Waals surface area contributed by atoms with E-state index in [1.165, 1.54) is 6.07 Å². The lowest BCUT2D eigenvalue weighted by Gasteiger charge is -2.10. The van der Waals surface area contributed by atoms with E-state index < -0.39 is 0 Å². The number of fused-ring (bicyclic) bond motifs is 1. The van der Waals surface area contributed by atoms with Crippen molar-refractivity contribution < 1.29 is 9.18 Å². The van der Waals surface area contributed by atoms with Crippen LogP contribution < -0.4 is 5.32 Å². The second-order valence-electron chi connectivity index (χ2n) is 7.91. The van der Waals surface area contributed by atoms with Gasteiger partial charge < -0.3 is 5.32 Å². The van der Waals surface area contributed by atoms with Gasteiger partial charge in [-0.15, -0.1) is 0 Å². The molecule has 7 heteroatoms. The summed E-state index contributed by atoms with van der Waals surface area (Å²) in [6.07, 6.45) is 5.54. The average molecular weight is 452 g/mol. The van der Waals surface area contributed by atoms with Crippen LogP contribution in [0.25, 0.3) is 22.3 Å². The molecular weight excluding hydrogens is 429 g/mol. The highest BCUT2D eigenvalue weighted by Crippen LogP contribution is 2.25. The molecule has 0 fully saturated rings. The van der Waals surface area contributed by atoms with Crippen LogP contribution in [0.2, 0.25) is 0 Å². The van der Waals surface area contributed by atoms with Gasteiger partial charge in [0.2, 0.25) is 0 Å². The van der Waals surface area contributed by atoms with Gasteiger partial charge in [0.1, 0.15) is 5.82 Å². The zero-order valence-electron chi connectivity index (χ0n) is 18.4. The number of hydrogen-bond acceptors (Lipinski definition) is 4. The summed E-state index contributed by atoms with van der Waals surface area (Å²) in [6, 6.07) is 21.9. The second kappa shape index (κ2) is 9.62. The third kappa shape index (κ3) is 4.54. The van der Waals surface area contributed by atoms with Gasteiger partial charge in [0.05, 0.1) is 29.4 Å². The van der Waals surface area contributed by atoms with Gasteiger partial charge in [-0.1, -0.05) is 48.5 Å². The highest BCUT2D eigenvalue weighted by atomic mass is 19.1. The molecule has 0 aliphatic heterocycles. The van der Waals surface area contributed by atoms with Crippen molar-refractivity contribution in [1.82, 2.24) is 25.1 Å². The van der Waals surface area contributed by atoms with Gasteiger partial charge in [0, 0.05) is 24.5 Å². The SMILES string of the molecule is O=C(NCCc1ccccc1F)c1cc(-c2ccccc2)nc2c1cnn2Cc1ccncc1. The molecule has 0 spiro atoms. The highest BCUT2D eigenvalue weighted by Gasteiger charge is 2.18. The monoisotopic (exact) mass is 451 g/mol. The lowest BCUT2D eigenvalue weighted by molar-refractivity contribution is 0.0955. The van der Waals surface area contributed by atoms with E-state index >= 15 is 0 Å². The summed E-state index contributed by atoms with van der Waals surface area (Å²) in [5, 5.41) is 8.10. The molecule has 3 aromatic heterocycles. The van der Waals surface area contributed by atoms with Gasteiger partial charge in [-0.05, 0) is 41.8 Å². The maximum absolute atomic E-state index is 13.9. The molecule has 2 aromatic carbocycles. The van der Waals surface area contributed by atoms with E-state index in [-0.39, 0.29) is 11.7 Å². The maximum Gasteiger partial charge on any atom is 0.252 e. The minimum Gasteiger partial charge on any atom is -0.352 e.